The Kier molecular flexibility index (Phi) is 3.75. The molecule has 2 aromatic rings. The van der Waals surface area contributed by atoms with Gasteiger partial charge >= 0.3 is 6.36 Å². The highest BCUT2D eigenvalue weighted by Crippen LogP contribution is 2.35. The summed E-state index contributed by atoms with van der Waals surface area (Å²) in [6, 6.07) is 9.26. The normalized spacial score (nSPS) is 11.2. The van der Waals surface area contributed by atoms with E-state index in [4.69, 9.17) is 5.73 Å². The topological polar surface area (TPSA) is 72.6 Å². The minimum absolute atomic E-state index is 0.150. The average Bonchev–Trinajstić information content (AvgIpc) is 2.37. The first-order valence-corrected chi connectivity index (χ1v) is 5.76. The third-order valence-corrected chi connectivity index (χ3v) is 2.69. The van der Waals surface area contributed by atoms with Crippen molar-refractivity contribution < 1.29 is 27.8 Å². The van der Waals surface area contributed by atoms with Crippen LogP contribution in [0.5, 0.6) is 11.5 Å². The van der Waals surface area contributed by atoms with Gasteiger partial charge in [-0.2, -0.15) is 0 Å². The smallest absolute Gasteiger partial charge is 0.507 e. The Morgan fingerprint density at radius 1 is 1.10 bits per heavy atom. The second kappa shape index (κ2) is 5.35. The molecule has 2 rings (SSSR count). The van der Waals surface area contributed by atoms with Crippen LogP contribution in [0.2, 0.25) is 0 Å². The van der Waals surface area contributed by atoms with Gasteiger partial charge in [-0.15, -0.1) is 13.2 Å². The Bertz CT molecular complexity index is 683. The predicted molar refractivity (Wildman–Crippen MR) is 68.7 cm³/mol. The Hall–Kier alpha value is -2.70. The molecule has 0 spiro atoms. The Morgan fingerprint density at radius 3 is 2.33 bits per heavy atom. The summed E-state index contributed by atoms with van der Waals surface area (Å²) in [6.07, 6.45) is -4.85. The summed E-state index contributed by atoms with van der Waals surface area (Å²) < 4.78 is 40.0. The molecule has 0 bridgehead atoms. The molecule has 0 unspecified atom stereocenters. The van der Waals surface area contributed by atoms with Crippen LogP contribution in [0.25, 0.3) is 11.1 Å². The number of amides is 1. The third kappa shape index (κ3) is 3.44. The summed E-state index contributed by atoms with van der Waals surface area (Å²) in [6.45, 7) is 0. The minimum atomic E-state index is -4.85. The molecular formula is C14H10F3NO3. The van der Waals surface area contributed by atoms with E-state index in [2.05, 4.69) is 4.74 Å². The van der Waals surface area contributed by atoms with Crippen molar-refractivity contribution in [3.63, 3.8) is 0 Å². The van der Waals surface area contributed by atoms with Gasteiger partial charge in [0, 0.05) is 17.2 Å². The summed E-state index contributed by atoms with van der Waals surface area (Å²) >= 11 is 0. The van der Waals surface area contributed by atoms with Gasteiger partial charge in [0.15, 0.2) is 0 Å². The molecule has 0 heterocycles. The number of nitrogens with two attached hydrogens (primary N) is 1. The van der Waals surface area contributed by atoms with E-state index in [0.29, 0.717) is 5.56 Å². The molecule has 7 heteroatoms. The van der Waals surface area contributed by atoms with Gasteiger partial charge in [-0.25, -0.2) is 0 Å². The molecule has 110 valence electrons. The van der Waals surface area contributed by atoms with Gasteiger partial charge in [0.25, 0.3) is 0 Å². The number of carbonyl (C=O) groups excluding carboxylic acids is 1. The lowest BCUT2D eigenvalue weighted by Gasteiger charge is -2.12. The van der Waals surface area contributed by atoms with Crippen LogP contribution in [0, 0.1) is 0 Å². The van der Waals surface area contributed by atoms with Crippen LogP contribution in [0.3, 0.4) is 0 Å². The van der Waals surface area contributed by atoms with Crippen LogP contribution < -0.4 is 10.5 Å². The van der Waals surface area contributed by atoms with Gasteiger partial charge in [-0.3, -0.25) is 4.79 Å². The second-order valence-electron chi connectivity index (χ2n) is 4.14. The molecule has 0 saturated heterocycles. The molecule has 0 saturated carbocycles. The number of primary amides is 1. The van der Waals surface area contributed by atoms with Gasteiger partial charge in [0.2, 0.25) is 5.91 Å². The van der Waals surface area contributed by atoms with Gasteiger partial charge in [0.05, 0.1) is 0 Å². The molecule has 0 aliphatic carbocycles. The Labute approximate surface area is 117 Å². The van der Waals surface area contributed by atoms with Crippen LogP contribution in [0.1, 0.15) is 10.4 Å². The summed E-state index contributed by atoms with van der Waals surface area (Å²) in [7, 11) is 0. The van der Waals surface area contributed by atoms with Gasteiger partial charge in [-0.05, 0) is 23.8 Å². The molecule has 0 aromatic heterocycles. The number of phenolic OH excluding ortho intramolecular Hbond substituents is 1. The van der Waals surface area contributed by atoms with E-state index < -0.39 is 23.8 Å². The summed E-state index contributed by atoms with van der Waals surface area (Å²) in [5.41, 5.74) is 5.87. The maximum absolute atomic E-state index is 12.1. The molecule has 3 N–H and O–H groups in total. The SMILES string of the molecule is NC(=O)c1ccccc1-c1ccc(OC(F)(F)F)cc1O. The predicted octanol–water partition coefficient (Wildman–Crippen LogP) is 3.06. The largest absolute Gasteiger partial charge is 0.573 e. The average molecular weight is 297 g/mol. The molecular weight excluding hydrogens is 287 g/mol. The number of hydrogen-bond donors (Lipinski definition) is 2. The number of rotatable bonds is 3. The van der Waals surface area contributed by atoms with Crippen molar-refractivity contribution >= 4 is 5.91 Å². The molecule has 4 nitrogen and oxygen atoms in total. The minimum Gasteiger partial charge on any atom is -0.507 e. The van der Waals surface area contributed by atoms with Crippen LogP contribution >= 0.6 is 0 Å². The highest BCUT2D eigenvalue weighted by Gasteiger charge is 2.31. The molecule has 21 heavy (non-hydrogen) atoms. The number of carbonyl (C=O) groups is 1. The van der Waals surface area contributed by atoms with Crippen LogP contribution in [0.4, 0.5) is 13.2 Å². The number of alkyl halides is 3. The van der Waals surface area contributed by atoms with Crippen LogP contribution in [0.15, 0.2) is 42.5 Å². The van der Waals surface area contributed by atoms with E-state index in [1.165, 1.54) is 18.2 Å². The Morgan fingerprint density at radius 2 is 1.76 bits per heavy atom. The highest BCUT2D eigenvalue weighted by atomic mass is 19.4. The zero-order valence-electron chi connectivity index (χ0n) is 10.5. The van der Waals surface area contributed by atoms with E-state index >= 15 is 0 Å². The standard InChI is InChI=1S/C14H10F3NO3/c15-14(16,17)21-8-5-6-10(12(19)7-8)9-3-1-2-4-11(9)13(18)20/h1-7,19H,(H2,18,20). The lowest BCUT2D eigenvalue weighted by atomic mass is 9.98. The summed E-state index contributed by atoms with van der Waals surface area (Å²) in [5, 5.41) is 9.85. The number of halogens is 3. The van der Waals surface area contributed by atoms with Crippen molar-refractivity contribution in [2.24, 2.45) is 5.73 Å². The van der Waals surface area contributed by atoms with E-state index in [9.17, 15) is 23.1 Å². The fraction of sp³-hybridized carbons (Fsp3) is 0.0714. The van der Waals surface area contributed by atoms with Gasteiger partial charge in [-0.1, -0.05) is 18.2 Å². The van der Waals surface area contributed by atoms with Crippen molar-refractivity contribution in [3.05, 3.63) is 48.0 Å². The summed E-state index contributed by atoms with van der Waals surface area (Å²) in [4.78, 5) is 11.3. The second-order valence-corrected chi connectivity index (χ2v) is 4.14. The fourth-order valence-electron chi connectivity index (χ4n) is 1.87. The maximum atomic E-state index is 12.1. The summed E-state index contributed by atoms with van der Waals surface area (Å²) in [5.74, 6) is -1.72. The number of aromatic hydroxyl groups is 1. The highest BCUT2D eigenvalue weighted by molar-refractivity contribution is 6.00. The maximum Gasteiger partial charge on any atom is 0.573 e. The van der Waals surface area contributed by atoms with Crippen LogP contribution in [-0.4, -0.2) is 17.4 Å². The van der Waals surface area contributed by atoms with Crippen LogP contribution in [-0.2, 0) is 0 Å². The monoisotopic (exact) mass is 297 g/mol. The Balaban J connectivity index is 2.45. The lowest BCUT2D eigenvalue weighted by molar-refractivity contribution is -0.274. The number of hydrogen-bond acceptors (Lipinski definition) is 3. The van der Waals surface area contributed by atoms with Crippen molar-refractivity contribution in [1.82, 2.24) is 0 Å². The van der Waals surface area contributed by atoms with Gasteiger partial charge in [0.1, 0.15) is 11.5 Å². The molecule has 0 aliphatic heterocycles. The van der Waals surface area contributed by atoms with Gasteiger partial charge < -0.3 is 15.6 Å². The molecule has 0 fully saturated rings. The third-order valence-electron chi connectivity index (χ3n) is 2.69. The zero-order valence-corrected chi connectivity index (χ0v) is 10.5. The van der Waals surface area contributed by atoms with Crippen molar-refractivity contribution in [2.45, 2.75) is 6.36 Å². The molecule has 1 amide bonds. The van der Waals surface area contributed by atoms with E-state index in [1.807, 2.05) is 0 Å². The number of benzene rings is 2. The van der Waals surface area contributed by atoms with Crippen molar-refractivity contribution in [2.75, 3.05) is 0 Å². The molecule has 0 atom stereocenters. The quantitative estimate of drug-likeness (QED) is 0.914. The number of phenols is 1. The fourth-order valence-corrected chi connectivity index (χ4v) is 1.87. The lowest BCUT2D eigenvalue weighted by Crippen LogP contribution is -2.17. The number of ether oxygens (including phenoxy) is 1. The first kappa shape index (κ1) is 14.7. The first-order valence-electron chi connectivity index (χ1n) is 5.76. The van der Waals surface area contributed by atoms with E-state index in [1.54, 1.807) is 12.1 Å². The van der Waals surface area contributed by atoms with Crippen molar-refractivity contribution in [3.8, 4) is 22.6 Å². The van der Waals surface area contributed by atoms with Crippen molar-refractivity contribution in [1.29, 1.82) is 0 Å². The zero-order chi connectivity index (χ0) is 15.6. The molecule has 2 aromatic carbocycles. The molecule has 0 aliphatic rings. The van der Waals surface area contributed by atoms with E-state index in [-0.39, 0.29) is 11.1 Å². The first-order chi connectivity index (χ1) is 9.78. The van der Waals surface area contributed by atoms with E-state index in [0.717, 1.165) is 12.1 Å². The molecule has 0 radical (unpaired) electrons.